The van der Waals surface area contributed by atoms with Crippen molar-refractivity contribution in [3.05, 3.63) is 53.3 Å². The lowest BCUT2D eigenvalue weighted by molar-refractivity contribution is -0.137. The van der Waals surface area contributed by atoms with Crippen LogP contribution in [0.4, 0.5) is 13.2 Å². The van der Waals surface area contributed by atoms with Crippen LogP contribution >= 0.6 is 23.5 Å². The summed E-state index contributed by atoms with van der Waals surface area (Å²) in [6, 6.07) is 6.72. The first-order valence-electron chi connectivity index (χ1n) is 6.70. The molecule has 2 aromatic rings. The minimum absolute atomic E-state index is 0.341. The average molecular weight is 369 g/mol. The van der Waals surface area contributed by atoms with Crippen LogP contribution in [0.15, 0.2) is 46.7 Å². The maximum absolute atomic E-state index is 12.9. The zero-order valence-electron chi connectivity index (χ0n) is 13.0. The third-order valence-corrected chi connectivity index (χ3v) is 4.46. The highest BCUT2D eigenvalue weighted by atomic mass is 32.2. The fourth-order valence-corrected chi connectivity index (χ4v) is 3.08. The van der Waals surface area contributed by atoms with E-state index in [4.69, 9.17) is 0 Å². The van der Waals surface area contributed by atoms with E-state index in [0.29, 0.717) is 27.0 Å². The van der Waals surface area contributed by atoms with Gasteiger partial charge >= 0.3 is 6.18 Å². The van der Waals surface area contributed by atoms with Gasteiger partial charge in [-0.15, -0.1) is 11.8 Å². The molecule has 1 aromatic carbocycles. The molecule has 0 atom stereocenters. The summed E-state index contributed by atoms with van der Waals surface area (Å²) in [5.74, 6) is 0. The Labute approximate surface area is 146 Å². The second-order valence-electron chi connectivity index (χ2n) is 4.55. The van der Waals surface area contributed by atoms with Gasteiger partial charge in [-0.2, -0.15) is 13.2 Å². The number of hydrogen-bond donors (Lipinski definition) is 0. The van der Waals surface area contributed by atoms with Gasteiger partial charge in [-0.25, -0.2) is 9.97 Å². The fourth-order valence-electron chi connectivity index (χ4n) is 2.03. The highest BCUT2D eigenvalue weighted by Crippen LogP contribution is 2.36. The maximum Gasteiger partial charge on any atom is 0.416 e. The molecule has 0 fully saturated rings. The first kappa shape index (κ1) is 18.5. The van der Waals surface area contributed by atoms with Gasteiger partial charge in [0.25, 0.3) is 0 Å². The standard InChI is InChI=1S/C16H14F3N3S2/c1-20-13(10-5-4-6-11(9-10)16(17,18)19)14(23-2)12-7-8-21-15(22-12)24-3/h4-9H,1H2,2-3H3/b14-13-. The zero-order chi connectivity index (χ0) is 17.7. The van der Waals surface area contributed by atoms with E-state index >= 15 is 0 Å². The second-order valence-corrected chi connectivity index (χ2v) is 6.14. The topological polar surface area (TPSA) is 38.1 Å². The molecule has 0 aliphatic carbocycles. The Bertz CT molecular complexity index is 773. The lowest BCUT2D eigenvalue weighted by atomic mass is 10.1. The van der Waals surface area contributed by atoms with Gasteiger partial charge in [-0.05, 0) is 37.4 Å². The van der Waals surface area contributed by atoms with Crippen molar-refractivity contribution in [2.24, 2.45) is 4.99 Å². The molecule has 0 aliphatic rings. The minimum Gasteiger partial charge on any atom is -0.263 e. The average Bonchev–Trinajstić information content (AvgIpc) is 2.59. The van der Waals surface area contributed by atoms with Crippen LogP contribution in [0.3, 0.4) is 0 Å². The van der Waals surface area contributed by atoms with Crippen molar-refractivity contribution in [2.45, 2.75) is 11.3 Å². The van der Waals surface area contributed by atoms with Crippen LogP contribution in [0.5, 0.6) is 0 Å². The molecular formula is C16H14F3N3S2. The Morgan fingerprint density at radius 2 is 1.96 bits per heavy atom. The summed E-state index contributed by atoms with van der Waals surface area (Å²) in [5, 5.41) is 0.575. The van der Waals surface area contributed by atoms with E-state index in [2.05, 4.69) is 21.7 Å². The summed E-state index contributed by atoms with van der Waals surface area (Å²) < 4.78 is 38.8. The highest BCUT2D eigenvalue weighted by molar-refractivity contribution is 8.07. The van der Waals surface area contributed by atoms with E-state index in [0.717, 1.165) is 12.1 Å². The number of aromatic nitrogens is 2. The van der Waals surface area contributed by atoms with Crippen molar-refractivity contribution in [3.8, 4) is 0 Å². The van der Waals surface area contributed by atoms with Crippen LogP contribution in [0.2, 0.25) is 0 Å². The Morgan fingerprint density at radius 1 is 1.21 bits per heavy atom. The Hall–Kier alpha value is -1.80. The molecule has 0 spiro atoms. The van der Waals surface area contributed by atoms with Crippen LogP contribution in [0, 0.1) is 0 Å². The van der Waals surface area contributed by atoms with Crippen molar-refractivity contribution >= 4 is 40.8 Å². The molecule has 0 amide bonds. The summed E-state index contributed by atoms with van der Waals surface area (Å²) in [7, 11) is 0. The van der Waals surface area contributed by atoms with Crippen LogP contribution in [0.1, 0.15) is 16.8 Å². The Kier molecular flexibility index (Phi) is 6.06. The normalized spacial score (nSPS) is 12.7. The molecule has 1 heterocycles. The maximum atomic E-state index is 12.9. The minimum atomic E-state index is -4.41. The largest absolute Gasteiger partial charge is 0.416 e. The molecule has 0 N–H and O–H groups in total. The summed E-state index contributed by atoms with van der Waals surface area (Å²) in [5.41, 5.74) is 0.573. The van der Waals surface area contributed by atoms with Crippen molar-refractivity contribution in [1.29, 1.82) is 0 Å². The van der Waals surface area contributed by atoms with E-state index in [1.807, 2.05) is 12.5 Å². The fraction of sp³-hybridized carbons (Fsp3) is 0.188. The highest BCUT2D eigenvalue weighted by Gasteiger charge is 2.30. The van der Waals surface area contributed by atoms with Crippen molar-refractivity contribution in [3.63, 3.8) is 0 Å². The van der Waals surface area contributed by atoms with E-state index < -0.39 is 11.7 Å². The second kappa shape index (κ2) is 7.85. The van der Waals surface area contributed by atoms with Gasteiger partial charge in [-0.3, -0.25) is 4.99 Å². The van der Waals surface area contributed by atoms with Gasteiger partial charge in [0.2, 0.25) is 0 Å². The van der Waals surface area contributed by atoms with Crippen LogP contribution < -0.4 is 0 Å². The molecule has 0 bridgehead atoms. The molecule has 0 saturated carbocycles. The lowest BCUT2D eigenvalue weighted by Crippen LogP contribution is -2.05. The van der Waals surface area contributed by atoms with Crippen LogP contribution in [-0.2, 0) is 6.18 Å². The summed E-state index contributed by atoms with van der Waals surface area (Å²) in [6.07, 6.45) is 0.857. The van der Waals surface area contributed by atoms with Crippen LogP contribution in [0.25, 0.3) is 10.6 Å². The molecular weight excluding hydrogens is 355 g/mol. The lowest BCUT2D eigenvalue weighted by Gasteiger charge is -2.12. The number of rotatable bonds is 5. The molecule has 3 nitrogen and oxygen atoms in total. The Balaban J connectivity index is 2.62. The molecule has 0 saturated heterocycles. The molecule has 8 heteroatoms. The number of nitrogens with zero attached hydrogens (tertiary/aromatic N) is 3. The zero-order valence-corrected chi connectivity index (χ0v) is 14.6. The first-order chi connectivity index (χ1) is 11.4. The number of benzene rings is 1. The third kappa shape index (κ3) is 4.18. The first-order valence-corrected chi connectivity index (χ1v) is 9.15. The van der Waals surface area contributed by atoms with Gasteiger partial charge < -0.3 is 0 Å². The van der Waals surface area contributed by atoms with E-state index in [9.17, 15) is 13.2 Å². The van der Waals surface area contributed by atoms with E-state index in [1.54, 1.807) is 18.3 Å². The number of thioether (sulfide) groups is 2. The van der Waals surface area contributed by atoms with E-state index in [1.165, 1.54) is 29.6 Å². The summed E-state index contributed by atoms with van der Waals surface area (Å²) in [4.78, 5) is 13.1. The third-order valence-electron chi connectivity index (χ3n) is 3.09. The molecule has 1 aromatic heterocycles. The number of aliphatic imine (C=N–C) groups is 1. The molecule has 0 radical (unpaired) electrons. The molecule has 0 unspecified atom stereocenters. The molecule has 0 aliphatic heterocycles. The van der Waals surface area contributed by atoms with Crippen LogP contribution in [-0.4, -0.2) is 29.2 Å². The van der Waals surface area contributed by atoms with Gasteiger partial charge in [-0.1, -0.05) is 23.9 Å². The smallest absolute Gasteiger partial charge is 0.263 e. The summed E-state index contributed by atoms with van der Waals surface area (Å²) >= 11 is 2.73. The van der Waals surface area contributed by atoms with Gasteiger partial charge in [0.05, 0.1) is 21.9 Å². The summed E-state index contributed by atoms with van der Waals surface area (Å²) in [6.45, 7) is 3.52. The molecule has 2 rings (SSSR count). The van der Waals surface area contributed by atoms with E-state index in [-0.39, 0.29) is 0 Å². The number of halogens is 3. The molecule has 24 heavy (non-hydrogen) atoms. The SMILES string of the molecule is C=N/C(=C(\SC)c1ccnc(SC)n1)c1cccc(C(F)(F)F)c1. The Morgan fingerprint density at radius 3 is 2.54 bits per heavy atom. The monoisotopic (exact) mass is 369 g/mol. The predicted octanol–water partition coefficient (Wildman–Crippen LogP) is 5.11. The predicted molar refractivity (Wildman–Crippen MR) is 95.1 cm³/mol. The molecule has 126 valence electrons. The quantitative estimate of drug-likeness (QED) is 0.417. The van der Waals surface area contributed by atoms with Gasteiger partial charge in [0.15, 0.2) is 5.16 Å². The van der Waals surface area contributed by atoms with Crippen molar-refractivity contribution in [2.75, 3.05) is 12.5 Å². The number of hydrogen-bond acceptors (Lipinski definition) is 5. The van der Waals surface area contributed by atoms with Gasteiger partial charge in [0, 0.05) is 11.8 Å². The van der Waals surface area contributed by atoms with Gasteiger partial charge in [0.1, 0.15) is 0 Å². The van der Waals surface area contributed by atoms with Crippen molar-refractivity contribution < 1.29 is 13.2 Å². The number of alkyl halides is 3. The van der Waals surface area contributed by atoms with Crippen molar-refractivity contribution in [1.82, 2.24) is 9.97 Å².